The first-order valence-corrected chi connectivity index (χ1v) is 17.7. The molecule has 254 valence electrons. The summed E-state index contributed by atoms with van der Waals surface area (Å²) in [7, 11) is 1.67. The molecule has 0 saturated heterocycles. The van der Waals surface area contributed by atoms with Crippen LogP contribution in [-0.2, 0) is 27.3 Å². The second-order valence-corrected chi connectivity index (χ2v) is 13.5. The van der Waals surface area contributed by atoms with Gasteiger partial charge in [0.2, 0.25) is 0 Å². The number of nitrogens with zero attached hydrogens (tertiary/aromatic N) is 1. The third-order valence-electron chi connectivity index (χ3n) is 10.5. The van der Waals surface area contributed by atoms with Gasteiger partial charge in [-0.2, -0.15) is 0 Å². The zero-order valence-corrected chi connectivity index (χ0v) is 28.4. The van der Waals surface area contributed by atoms with E-state index in [0.717, 1.165) is 53.0 Å². The van der Waals surface area contributed by atoms with Crippen molar-refractivity contribution in [3.05, 3.63) is 89.0 Å². The van der Waals surface area contributed by atoms with E-state index in [1.54, 1.807) is 20.1 Å². The van der Waals surface area contributed by atoms with Gasteiger partial charge in [0, 0.05) is 40.6 Å². The van der Waals surface area contributed by atoms with Gasteiger partial charge in [-0.25, -0.2) is 4.79 Å². The second-order valence-electron chi connectivity index (χ2n) is 13.5. The summed E-state index contributed by atoms with van der Waals surface area (Å²) in [6.07, 6.45) is 11.5. The molecule has 1 aromatic heterocycles. The molecule has 8 heteroatoms. The van der Waals surface area contributed by atoms with Gasteiger partial charge in [-0.15, -0.1) is 0 Å². The zero-order valence-electron chi connectivity index (χ0n) is 28.4. The molecule has 2 fully saturated rings. The van der Waals surface area contributed by atoms with Gasteiger partial charge in [0.05, 0.1) is 31.5 Å². The molecular weight excluding hydrogens is 616 g/mol. The Morgan fingerprint density at radius 2 is 1.78 bits per heavy atom. The van der Waals surface area contributed by atoms with Gasteiger partial charge in [0.15, 0.2) is 5.78 Å². The van der Waals surface area contributed by atoms with Gasteiger partial charge in [0.1, 0.15) is 18.1 Å². The molecule has 0 bridgehead atoms. The fourth-order valence-corrected chi connectivity index (χ4v) is 7.79. The van der Waals surface area contributed by atoms with E-state index in [2.05, 4.69) is 22.0 Å². The number of hydrogen-bond donors (Lipinski definition) is 1. The third kappa shape index (κ3) is 6.48. The Morgan fingerprint density at radius 3 is 2.49 bits per heavy atom. The Hall–Kier alpha value is -4.85. The monoisotopic (exact) mass is 660 g/mol. The lowest BCUT2D eigenvalue weighted by molar-refractivity contribution is -0.137. The van der Waals surface area contributed by atoms with E-state index < -0.39 is 5.54 Å². The van der Waals surface area contributed by atoms with E-state index >= 15 is 0 Å². The summed E-state index contributed by atoms with van der Waals surface area (Å²) in [5.41, 5.74) is 6.02. The number of aromatic nitrogens is 1. The summed E-state index contributed by atoms with van der Waals surface area (Å²) in [5.74, 6) is 1.44. The van der Waals surface area contributed by atoms with Crippen LogP contribution in [0.5, 0.6) is 11.5 Å². The highest BCUT2D eigenvalue weighted by Crippen LogP contribution is 2.48. The van der Waals surface area contributed by atoms with Crippen LogP contribution in [0.3, 0.4) is 0 Å². The van der Waals surface area contributed by atoms with Crippen molar-refractivity contribution in [3.8, 4) is 22.8 Å². The SMILES string of the molecule is CCOC(=O)/C=C/c1ccc(CC(=O)C2(NC(=O)c3ccc4c(C5CCCCC5)c5n(c4c3)CCOc3cc(OC)ccc3-5)CCC2)cc1. The Labute approximate surface area is 287 Å². The number of ketones is 1. The number of methoxy groups -OCH3 is 1. The van der Waals surface area contributed by atoms with E-state index in [4.69, 9.17) is 14.2 Å². The van der Waals surface area contributed by atoms with Crippen LogP contribution in [0.15, 0.2) is 66.7 Å². The summed E-state index contributed by atoms with van der Waals surface area (Å²) >= 11 is 0. The van der Waals surface area contributed by atoms with E-state index in [-0.39, 0.29) is 24.1 Å². The van der Waals surface area contributed by atoms with Crippen molar-refractivity contribution in [1.82, 2.24) is 9.88 Å². The van der Waals surface area contributed by atoms with Crippen LogP contribution in [0, 0.1) is 0 Å². The standard InChI is InChI=1S/C41H44N2O6/c1-3-48-37(45)19-14-27-10-12-28(13-11-27)24-36(44)41(20-7-21-41)42-40(46)30-15-17-32-34(25-30)43-22-23-49-35-26-31(47-2)16-18-33(35)39(43)38(32)29-8-5-4-6-9-29/h10-19,25-26,29H,3-9,20-24H2,1-2H3,(H,42,46)/b19-14+. The van der Waals surface area contributed by atoms with Gasteiger partial charge in [-0.1, -0.05) is 49.6 Å². The third-order valence-corrected chi connectivity index (χ3v) is 10.5. The summed E-state index contributed by atoms with van der Waals surface area (Å²) in [6, 6.07) is 19.7. The van der Waals surface area contributed by atoms with Crippen molar-refractivity contribution >= 4 is 34.6 Å². The normalized spacial score (nSPS) is 16.9. The van der Waals surface area contributed by atoms with Crippen LogP contribution in [0.1, 0.15) is 91.3 Å². The molecular formula is C41H44N2O6. The minimum absolute atomic E-state index is 0.0170. The number of fused-ring (bicyclic) bond motifs is 5. The summed E-state index contributed by atoms with van der Waals surface area (Å²) in [6.45, 7) is 3.27. The quantitative estimate of drug-likeness (QED) is 0.138. The van der Waals surface area contributed by atoms with Crippen molar-refractivity contribution in [1.29, 1.82) is 0 Å². The molecule has 2 heterocycles. The average molecular weight is 661 g/mol. The molecule has 0 radical (unpaired) electrons. The molecule has 2 saturated carbocycles. The van der Waals surface area contributed by atoms with Crippen molar-refractivity contribution in [2.24, 2.45) is 0 Å². The molecule has 49 heavy (non-hydrogen) atoms. The molecule has 0 spiro atoms. The molecule has 0 unspecified atom stereocenters. The summed E-state index contributed by atoms with van der Waals surface area (Å²) < 4.78 is 19.1. The number of carbonyl (C=O) groups is 3. The first-order chi connectivity index (χ1) is 23.9. The fourth-order valence-electron chi connectivity index (χ4n) is 7.79. The average Bonchev–Trinajstić information content (AvgIpc) is 3.30. The van der Waals surface area contributed by atoms with E-state index in [1.807, 2.05) is 48.5 Å². The molecule has 8 nitrogen and oxygen atoms in total. The molecule has 2 aliphatic carbocycles. The minimum Gasteiger partial charge on any atom is -0.497 e. The highest BCUT2D eigenvalue weighted by molar-refractivity contribution is 6.04. The van der Waals surface area contributed by atoms with Crippen molar-refractivity contribution in [2.45, 2.75) is 82.7 Å². The lowest BCUT2D eigenvalue weighted by Crippen LogP contribution is -2.59. The predicted octanol–water partition coefficient (Wildman–Crippen LogP) is 7.80. The number of rotatable bonds is 10. The smallest absolute Gasteiger partial charge is 0.330 e. The van der Waals surface area contributed by atoms with Crippen molar-refractivity contribution < 1.29 is 28.6 Å². The van der Waals surface area contributed by atoms with Crippen LogP contribution in [-0.4, -0.2) is 48.1 Å². The van der Waals surface area contributed by atoms with Gasteiger partial charge < -0.3 is 24.1 Å². The molecule has 1 N–H and O–H groups in total. The number of Topliss-reactive ketones (excluding diaryl/α,β-unsaturated/α-hetero) is 1. The topological polar surface area (TPSA) is 95.9 Å². The Balaban J connectivity index is 1.15. The lowest BCUT2D eigenvalue weighted by Gasteiger charge is -2.41. The molecule has 3 aliphatic rings. The highest BCUT2D eigenvalue weighted by Gasteiger charge is 2.45. The maximum atomic E-state index is 13.9. The van der Waals surface area contributed by atoms with Crippen LogP contribution >= 0.6 is 0 Å². The Bertz CT molecular complexity index is 1910. The van der Waals surface area contributed by atoms with E-state index in [9.17, 15) is 14.4 Å². The number of esters is 1. The maximum Gasteiger partial charge on any atom is 0.330 e. The second kappa shape index (κ2) is 13.9. The predicted molar refractivity (Wildman–Crippen MR) is 190 cm³/mol. The number of amides is 1. The number of hydrogen-bond acceptors (Lipinski definition) is 6. The lowest BCUT2D eigenvalue weighted by atomic mass is 9.72. The van der Waals surface area contributed by atoms with E-state index in [1.165, 1.54) is 42.0 Å². The summed E-state index contributed by atoms with van der Waals surface area (Å²) in [4.78, 5) is 39.3. The van der Waals surface area contributed by atoms with Gasteiger partial charge in [-0.05, 0) is 92.0 Å². The van der Waals surface area contributed by atoms with Gasteiger partial charge >= 0.3 is 5.97 Å². The molecule has 0 atom stereocenters. The molecule has 4 aromatic rings. The highest BCUT2D eigenvalue weighted by atomic mass is 16.5. The Kier molecular flexibility index (Phi) is 9.30. The van der Waals surface area contributed by atoms with Crippen LogP contribution in [0.4, 0.5) is 0 Å². The fraction of sp³-hybridized carbons (Fsp3) is 0.390. The number of carbonyl (C=O) groups excluding carboxylic acids is 3. The van der Waals surface area contributed by atoms with Crippen LogP contribution in [0.25, 0.3) is 28.2 Å². The number of benzene rings is 3. The van der Waals surface area contributed by atoms with E-state index in [0.29, 0.717) is 44.1 Å². The van der Waals surface area contributed by atoms with Crippen molar-refractivity contribution in [3.63, 3.8) is 0 Å². The number of ether oxygens (including phenoxy) is 3. The molecule has 7 rings (SSSR count). The number of nitrogens with one attached hydrogen (secondary N) is 1. The van der Waals surface area contributed by atoms with Gasteiger partial charge in [0.25, 0.3) is 5.91 Å². The van der Waals surface area contributed by atoms with Gasteiger partial charge in [-0.3, -0.25) is 9.59 Å². The Morgan fingerprint density at radius 1 is 0.980 bits per heavy atom. The largest absolute Gasteiger partial charge is 0.497 e. The van der Waals surface area contributed by atoms with Crippen LogP contribution in [0.2, 0.25) is 0 Å². The zero-order chi connectivity index (χ0) is 34.0. The molecule has 1 aliphatic heterocycles. The first-order valence-electron chi connectivity index (χ1n) is 17.7. The first kappa shape index (κ1) is 32.7. The maximum absolute atomic E-state index is 13.9. The minimum atomic E-state index is -0.871. The molecule has 1 amide bonds. The van der Waals surface area contributed by atoms with Crippen molar-refractivity contribution in [2.75, 3.05) is 20.3 Å². The summed E-state index contributed by atoms with van der Waals surface area (Å²) in [5, 5.41) is 4.37. The molecule has 3 aromatic carbocycles. The van der Waals surface area contributed by atoms with Crippen LogP contribution < -0.4 is 14.8 Å².